The number of aromatic carboxylic acids is 1. The summed E-state index contributed by atoms with van der Waals surface area (Å²) in [7, 11) is -23.2. The SMILES string of the molecule is NCCOOSc1ccc(N=Nc2c(N)c(N=Nc3ccc(S(=O)(=O)CCOS(=O)(=O)O)cc3)c(N)c(N=Nc3ccc(S(=O)(=O)CCOS(=O)(=O)O)cc3)c2C(=O)O)c(S(=O)(=O)O)c1. The minimum atomic E-state index is -5.05. The van der Waals surface area contributed by atoms with Gasteiger partial charge in [0.1, 0.15) is 33.2 Å². The fourth-order valence-corrected chi connectivity index (χ4v) is 8.93. The first kappa shape index (κ1) is 52.2. The summed E-state index contributed by atoms with van der Waals surface area (Å²) in [5.74, 6) is -3.52. The Balaban J connectivity index is 1.83. The van der Waals surface area contributed by atoms with Gasteiger partial charge in [0, 0.05) is 11.4 Å². The molecular formula is C31H33N9O19S6. The van der Waals surface area contributed by atoms with Gasteiger partial charge in [-0.15, -0.1) is 20.5 Å². The monoisotopic (exact) mass is 1030 g/mol. The van der Waals surface area contributed by atoms with Gasteiger partial charge in [-0.3, -0.25) is 13.7 Å². The van der Waals surface area contributed by atoms with Crippen LogP contribution >= 0.6 is 12.0 Å². The molecule has 28 nitrogen and oxygen atoms in total. The topological polar surface area (TPSA) is 458 Å². The lowest BCUT2D eigenvalue weighted by molar-refractivity contribution is -0.187. The van der Waals surface area contributed by atoms with Gasteiger partial charge in [-0.05, 0) is 66.7 Å². The zero-order chi connectivity index (χ0) is 48.4. The Labute approximate surface area is 373 Å². The van der Waals surface area contributed by atoms with Gasteiger partial charge in [-0.2, -0.15) is 39.8 Å². The Kier molecular flexibility index (Phi) is 17.4. The Morgan fingerprint density at radius 1 is 0.600 bits per heavy atom. The number of hydrogen-bond acceptors (Lipinski definition) is 25. The van der Waals surface area contributed by atoms with E-state index in [0.717, 1.165) is 60.7 Å². The lowest BCUT2D eigenvalue weighted by atomic mass is 10.1. The molecular weight excluding hydrogens is 995 g/mol. The van der Waals surface area contributed by atoms with Gasteiger partial charge in [0.25, 0.3) is 10.1 Å². The van der Waals surface area contributed by atoms with Crippen molar-refractivity contribution in [3.05, 3.63) is 72.3 Å². The maximum atomic E-state index is 12.8. The molecule has 0 aliphatic heterocycles. The van der Waals surface area contributed by atoms with Crippen LogP contribution in [0, 0.1) is 0 Å². The molecule has 0 saturated heterocycles. The minimum absolute atomic E-state index is 0.0177. The molecule has 10 N–H and O–H groups in total. The number of carbonyl (C=O) groups is 1. The van der Waals surface area contributed by atoms with Gasteiger partial charge in [-0.25, -0.2) is 34.9 Å². The van der Waals surface area contributed by atoms with Crippen molar-refractivity contribution in [2.24, 2.45) is 36.4 Å². The van der Waals surface area contributed by atoms with Crippen molar-refractivity contribution in [1.29, 1.82) is 0 Å². The standard InChI is InChI=1S/C31H33N9O19S6/c32-11-12-56-59-60-20-5-10-23(24(17-20)63(47,48)49)37-39-29-25(31(41)42)28(38-35-18-1-6-21(7-2-18)61(43,44)15-13-57-64(50,51)52)26(33)30(27(29)34)40-36-19-3-8-22(9-4-19)62(45,46)16-14-58-65(53,54)55/h1-10,17H,11-16,32-34H2,(H,41,42)(H,47,48,49)(H,50,51,52)(H,53,54,55). The zero-order valence-corrected chi connectivity index (χ0v) is 37.3. The van der Waals surface area contributed by atoms with E-state index in [9.17, 15) is 56.5 Å². The molecule has 0 aromatic heterocycles. The molecule has 4 aromatic carbocycles. The number of sulfone groups is 2. The van der Waals surface area contributed by atoms with E-state index in [0.29, 0.717) is 12.0 Å². The predicted octanol–water partition coefficient (Wildman–Crippen LogP) is 4.14. The summed E-state index contributed by atoms with van der Waals surface area (Å²) in [6.45, 7) is -1.74. The smallest absolute Gasteiger partial charge is 0.397 e. The molecule has 0 spiro atoms. The highest BCUT2D eigenvalue weighted by molar-refractivity contribution is 7.94. The third kappa shape index (κ3) is 15.3. The van der Waals surface area contributed by atoms with Gasteiger partial charge in [-0.1, -0.05) is 0 Å². The first-order chi connectivity index (χ1) is 30.2. The first-order valence-corrected chi connectivity index (χ1v) is 25.3. The summed E-state index contributed by atoms with van der Waals surface area (Å²) in [6.07, 6.45) is 0. The number of anilines is 2. The van der Waals surface area contributed by atoms with Crippen LogP contribution in [0.4, 0.5) is 45.5 Å². The molecule has 0 amide bonds. The lowest BCUT2D eigenvalue weighted by Gasteiger charge is -2.13. The van der Waals surface area contributed by atoms with Gasteiger partial charge in [0.2, 0.25) is 0 Å². The quantitative estimate of drug-likeness (QED) is 0.0104. The summed E-state index contributed by atoms with van der Waals surface area (Å²) < 4.78 is 159. The van der Waals surface area contributed by atoms with Crippen LogP contribution < -0.4 is 17.2 Å². The molecule has 0 saturated carbocycles. The number of azo groups is 3. The lowest BCUT2D eigenvalue weighted by Crippen LogP contribution is -2.15. The third-order valence-electron chi connectivity index (χ3n) is 7.65. The maximum Gasteiger partial charge on any atom is 0.397 e. The van der Waals surface area contributed by atoms with Gasteiger partial charge in [0.15, 0.2) is 19.7 Å². The Hall–Kier alpha value is -5.47. The van der Waals surface area contributed by atoms with Gasteiger partial charge in [0.05, 0.1) is 75.9 Å². The largest absolute Gasteiger partial charge is 0.478 e. The molecule has 0 aliphatic carbocycles. The fourth-order valence-electron chi connectivity index (χ4n) is 4.74. The van der Waals surface area contributed by atoms with E-state index in [1.54, 1.807) is 0 Å². The van der Waals surface area contributed by atoms with Crippen molar-refractivity contribution in [2.45, 2.75) is 19.6 Å². The molecule has 352 valence electrons. The van der Waals surface area contributed by atoms with Crippen molar-refractivity contribution >= 4 is 114 Å². The first-order valence-electron chi connectivity index (χ1n) is 17.1. The fraction of sp³-hybridized carbons (Fsp3) is 0.194. The van der Waals surface area contributed by atoms with E-state index in [1.807, 2.05) is 0 Å². The van der Waals surface area contributed by atoms with Crippen LogP contribution in [0.3, 0.4) is 0 Å². The van der Waals surface area contributed by atoms with Crippen LogP contribution in [-0.4, -0.2) is 105 Å². The summed E-state index contributed by atoms with van der Waals surface area (Å²) >= 11 is 0.537. The second kappa shape index (κ2) is 21.7. The molecule has 0 bridgehead atoms. The van der Waals surface area contributed by atoms with Crippen molar-refractivity contribution in [3.63, 3.8) is 0 Å². The van der Waals surface area contributed by atoms with E-state index in [1.165, 1.54) is 6.07 Å². The summed E-state index contributed by atoms with van der Waals surface area (Å²) in [5, 5.41) is 33.8. The second-order valence-electron chi connectivity index (χ2n) is 12.1. The number of carboxylic acids is 1. The Morgan fingerprint density at radius 3 is 1.46 bits per heavy atom. The highest BCUT2D eigenvalue weighted by atomic mass is 32.3. The van der Waals surface area contributed by atoms with E-state index in [2.05, 4.69) is 39.1 Å². The normalized spacial score (nSPS) is 13.0. The van der Waals surface area contributed by atoms with Crippen molar-refractivity contribution in [3.8, 4) is 0 Å². The number of nitrogen functional groups attached to an aromatic ring is 2. The van der Waals surface area contributed by atoms with Gasteiger partial charge < -0.3 is 22.3 Å². The number of carboxylic acid groups (broad SMARTS) is 1. The Bertz CT molecular complexity index is 3080. The molecule has 0 fully saturated rings. The molecule has 0 heterocycles. The molecule has 0 unspecified atom stereocenters. The van der Waals surface area contributed by atoms with E-state index in [-0.39, 0.29) is 39.2 Å². The maximum absolute atomic E-state index is 12.8. The minimum Gasteiger partial charge on any atom is -0.478 e. The van der Waals surface area contributed by atoms with E-state index in [4.69, 9.17) is 35.5 Å². The summed E-state index contributed by atoms with van der Waals surface area (Å²) in [6, 6.07) is 11.9. The van der Waals surface area contributed by atoms with E-state index >= 15 is 0 Å². The van der Waals surface area contributed by atoms with Crippen LogP contribution in [0.5, 0.6) is 0 Å². The average molecular weight is 1030 g/mol. The van der Waals surface area contributed by atoms with Crippen LogP contribution in [0.1, 0.15) is 10.4 Å². The highest BCUT2D eigenvalue weighted by Crippen LogP contribution is 2.49. The molecule has 34 heteroatoms. The second-order valence-corrected chi connectivity index (χ2v) is 20.7. The number of rotatable bonds is 23. The zero-order valence-electron chi connectivity index (χ0n) is 32.4. The molecule has 0 radical (unpaired) electrons. The van der Waals surface area contributed by atoms with Crippen molar-refractivity contribution in [2.75, 3.05) is 49.3 Å². The Morgan fingerprint density at radius 2 is 1.05 bits per heavy atom. The van der Waals surface area contributed by atoms with Crippen LogP contribution in [-0.2, 0) is 68.2 Å². The van der Waals surface area contributed by atoms with Crippen LogP contribution in [0.2, 0.25) is 0 Å². The van der Waals surface area contributed by atoms with E-state index < -0.39 is 126 Å². The highest BCUT2D eigenvalue weighted by Gasteiger charge is 2.28. The average Bonchev–Trinajstić information content (AvgIpc) is 3.20. The third-order valence-corrected chi connectivity index (χ3v) is 13.5. The number of benzene rings is 4. The van der Waals surface area contributed by atoms with Crippen molar-refractivity contribution < 1.29 is 83.2 Å². The molecule has 4 aromatic rings. The van der Waals surface area contributed by atoms with Gasteiger partial charge >= 0.3 is 26.8 Å². The molecule has 0 atom stereocenters. The summed E-state index contributed by atoms with van der Waals surface area (Å²) in [5.41, 5.74) is 13.1. The van der Waals surface area contributed by atoms with Crippen molar-refractivity contribution in [1.82, 2.24) is 0 Å². The number of nitrogens with two attached hydrogens (primary N) is 3. The predicted molar refractivity (Wildman–Crippen MR) is 225 cm³/mol. The number of hydrogen-bond donors (Lipinski definition) is 7. The summed E-state index contributed by atoms with van der Waals surface area (Å²) in [4.78, 5) is 16.2. The van der Waals surface area contributed by atoms with Crippen LogP contribution in [0.25, 0.3) is 0 Å². The number of nitrogens with zero attached hydrogens (tertiary/aromatic N) is 6. The molecule has 4 rings (SSSR count). The molecule has 0 aliphatic rings. The molecule has 65 heavy (non-hydrogen) atoms. The van der Waals surface area contributed by atoms with Crippen LogP contribution in [0.15, 0.2) is 117 Å².